The Hall–Kier alpha value is -3.23. The molecule has 5 nitrogen and oxygen atoms in total. The van der Waals surface area contributed by atoms with Crippen LogP contribution in [0.25, 0.3) is 16.9 Å². The van der Waals surface area contributed by atoms with Gasteiger partial charge in [-0.15, -0.1) is 0 Å². The molecule has 1 aromatic carbocycles. The predicted molar refractivity (Wildman–Crippen MR) is 87.7 cm³/mol. The molecule has 27 heavy (non-hydrogen) atoms. The van der Waals surface area contributed by atoms with Crippen molar-refractivity contribution in [2.45, 2.75) is 13.1 Å². The van der Waals surface area contributed by atoms with Crippen LogP contribution in [0.15, 0.2) is 48.8 Å². The van der Waals surface area contributed by atoms with Gasteiger partial charge in [-0.05, 0) is 37.3 Å². The van der Waals surface area contributed by atoms with Crippen molar-refractivity contribution in [2.75, 3.05) is 6.61 Å². The highest BCUT2D eigenvalue weighted by Crippen LogP contribution is 2.33. The summed E-state index contributed by atoms with van der Waals surface area (Å²) in [5.41, 5.74) is -0.436. The minimum Gasteiger partial charge on any atom is -0.461 e. The molecule has 0 atom stereocenters. The zero-order valence-electron chi connectivity index (χ0n) is 14.0. The van der Waals surface area contributed by atoms with Crippen LogP contribution in [0.2, 0.25) is 0 Å². The van der Waals surface area contributed by atoms with Crippen LogP contribution in [0.4, 0.5) is 17.6 Å². The van der Waals surface area contributed by atoms with Crippen LogP contribution in [0.3, 0.4) is 0 Å². The molecule has 0 fully saturated rings. The Balaban J connectivity index is 2.14. The molecule has 0 unspecified atom stereocenters. The molecule has 0 amide bonds. The molecule has 2 aromatic heterocycles. The molecule has 2 heterocycles. The first kappa shape index (κ1) is 18.6. The van der Waals surface area contributed by atoms with Crippen LogP contribution < -0.4 is 0 Å². The number of hydrogen-bond acceptors (Lipinski definition) is 4. The van der Waals surface area contributed by atoms with Gasteiger partial charge in [-0.2, -0.15) is 18.3 Å². The number of halogens is 4. The average molecular weight is 379 g/mol. The minimum atomic E-state index is -4.81. The second kappa shape index (κ2) is 7.18. The van der Waals surface area contributed by atoms with Gasteiger partial charge >= 0.3 is 12.1 Å². The zero-order chi connectivity index (χ0) is 19.6. The Kier molecular flexibility index (Phi) is 4.93. The first-order valence-corrected chi connectivity index (χ1v) is 7.86. The van der Waals surface area contributed by atoms with E-state index in [1.54, 1.807) is 19.1 Å². The van der Waals surface area contributed by atoms with Crippen molar-refractivity contribution in [2.24, 2.45) is 0 Å². The van der Waals surface area contributed by atoms with Crippen LogP contribution in [0.1, 0.15) is 23.0 Å². The fourth-order valence-electron chi connectivity index (χ4n) is 2.48. The number of rotatable bonds is 4. The summed E-state index contributed by atoms with van der Waals surface area (Å²) in [4.78, 5) is 15.9. The third kappa shape index (κ3) is 3.81. The highest BCUT2D eigenvalue weighted by molar-refractivity contribution is 5.89. The average Bonchev–Trinajstić information content (AvgIpc) is 3.07. The van der Waals surface area contributed by atoms with E-state index < -0.39 is 23.5 Å². The molecule has 0 aliphatic carbocycles. The number of hydrogen-bond donors (Lipinski definition) is 0. The first-order chi connectivity index (χ1) is 12.8. The maximum absolute atomic E-state index is 14.0. The van der Waals surface area contributed by atoms with Gasteiger partial charge in [0.25, 0.3) is 0 Å². The van der Waals surface area contributed by atoms with E-state index in [-0.39, 0.29) is 18.0 Å². The smallest absolute Gasteiger partial charge is 0.419 e. The predicted octanol–water partition coefficient (Wildman–Crippen LogP) is 4.27. The summed E-state index contributed by atoms with van der Waals surface area (Å²) in [7, 11) is 0. The number of ether oxygens (including phenoxy) is 1. The quantitative estimate of drug-likeness (QED) is 0.502. The lowest BCUT2D eigenvalue weighted by Crippen LogP contribution is -2.10. The molecule has 0 aliphatic rings. The van der Waals surface area contributed by atoms with E-state index in [1.165, 1.54) is 23.1 Å². The summed E-state index contributed by atoms with van der Waals surface area (Å²) in [6, 6.07) is 7.11. The van der Waals surface area contributed by atoms with Gasteiger partial charge in [0, 0.05) is 24.0 Å². The molecular weight excluding hydrogens is 366 g/mol. The van der Waals surface area contributed by atoms with Crippen LogP contribution in [0.5, 0.6) is 0 Å². The fraction of sp³-hybridized carbons (Fsp3) is 0.167. The standard InChI is InChI=1S/C18H13F4N3O2/c1-2-27-17(26)15-10-16(11-5-7-23-8-6-11)25(24-15)12-3-4-13(14(19)9-12)18(20,21)22/h3-10H,2H2,1H3. The molecule has 0 spiro atoms. The summed E-state index contributed by atoms with van der Waals surface area (Å²) >= 11 is 0. The molecule has 0 bridgehead atoms. The number of carbonyl (C=O) groups excluding carboxylic acids is 1. The van der Waals surface area contributed by atoms with Crippen molar-refractivity contribution in [1.82, 2.24) is 14.8 Å². The molecule has 3 aromatic rings. The zero-order valence-corrected chi connectivity index (χ0v) is 14.0. The van der Waals surface area contributed by atoms with Crippen LogP contribution in [0, 0.1) is 5.82 Å². The lowest BCUT2D eigenvalue weighted by molar-refractivity contribution is -0.140. The highest BCUT2D eigenvalue weighted by Gasteiger charge is 2.34. The number of alkyl halides is 3. The van der Waals surface area contributed by atoms with Crippen LogP contribution in [-0.4, -0.2) is 27.3 Å². The summed E-state index contributed by atoms with van der Waals surface area (Å²) in [6.45, 7) is 1.76. The van der Waals surface area contributed by atoms with Gasteiger partial charge in [-0.3, -0.25) is 4.98 Å². The monoisotopic (exact) mass is 379 g/mol. The lowest BCUT2D eigenvalue weighted by Gasteiger charge is -2.11. The van der Waals surface area contributed by atoms with Crippen molar-refractivity contribution in [3.63, 3.8) is 0 Å². The highest BCUT2D eigenvalue weighted by atomic mass is 19.4. The number of benzene rings is 1. The van der Waals surface area contributed by atoms with Gasteiger partial charge in [0.05, 0.1) is 23.6 Å². The Morgan fingerprint density at radius 2 is 1.85 bits per heavy atom. The molecule has 0 saturated carbocycles. The van der Waals surface area contributed by atoms with E-state index in [0.717, 1.165) is 12.1 Å². The maximum atomic E-state index is 14.0. The number of nitrogens with zero attached hydrogens (tertiary/aromatic N) is 3. The normalized spacial score (nSPS) is 11.4. The molecule has 140 valence electrons. The van der Waals surface area contributed by atoms with Crippen molar-refractivity contribution in [3.05, 3.63) is 65.9 Å². The minimum absolute atomic E-state index is 0.0304. The second-order valence-electron chi connectivity index (χ2n) is 5.44. The van der Waals surface area contributed by atoms with Gasteiger partial charge in [0.2, 0.25) is 0 Å². The molecule has 0 N–H and O–H groups in total. The summed E-state index contributed by atoms with van der Waals surface area (Å²) in [5.74, 6) is -2.13. The van der Waals surface area contributed by atoms with Crippen LogP contribution in [-0.2, 0) is 10.9 Å². The van der Waals surface area contributed by atoms with Crippen molar-refractivity contribution >= 4 is 5.97 Å². The third-order valence-electron chi connectivity index (χ3n) is 3.67. The Morgan fingerprint density at radius 1 is 1.15 bits per heavy atom. The van der Waals surface area contributed by atoms with Gasteiger partial charge in [-0.25, -0.2) is 13.9 Å². The Bertz CT molecular complexity index is 968. The van der Waals surface area contributed by atoms with E-state index in [0.29, 0.717) is 17.3 Å². The molecule has 0 radical (unpaired) electrons. The van der Waals surface area contributed by atoms with Gasteiger partial charge in [-0.1, -0.05) is 0 Å². The van der Waals surface area contributed by atoms with Gasteiger partial charge < -0.3 is 4.74 Å². The topological polar surface area (TPSA) is 57.0 Å². The van der Waals surface area contributed by atoms with Crippen molar-refractivity contribution in [3.8, 4) is 16.9 Å². The lowest BCUT2D eigenvalue weighted by atomic mass is 10.1. The summed E-state index contributed by atoms with van der Waals surface area (Å²) in [6.07, 6.45) is -1.80. The number of aromatic nitrogens is 3. The molecule has 9 heteroatoms. The van der Waals surface area contributed by atoms with Crippen molar-refractivity contribution in [1.29, 1.82) is 0 Å². The van der Waals surface area contributed by atoms with E-state index >= 15 is 0 Å². The SMILES string of the molecule is CCOC(=O)c1cc(-c2ccncc2)n(-c2ccc(C(F)(F)F)c(F)c2)n1. The van der Waals surface area contributed by atoms with Gasteiger partial charge in [0.15, 0.2) is 5.69 Å². The van der Waals surface area contributed by atoms with E-state index in [2.05, 4.69) is 10.1 Å². The molecule has 3 rings (SSSR count). The number of carbonyl (C=O) groups is 1. The van der Waals surface area contributed by atoms with Crippen molar-refractivity contribution < 1.29 is 27.1 Å². The molecule has 0 saturated heterocycles. The molecule has 0 aliphatic heterocycles. The summed E-state index contributed by atoms with van der Waals surface area (Å²) in [5, 5.41) is 4.08. The number of esters is 1. The van der Waals surface area contributed by atoms with E-state index in [4.69, 9.17) is 4.74 Å². The third-order valence-corrected chi connectivity index (χ3v) is 3.67. The molecular formula is C18H13F4N3O2. The maximum Gasteiger partial charge on any atom is 0.419 e. The van der Waals surface area contributed by atoms with E-state index in [9.17, 15) is 22.4 Å². The Morgan fingerprint density at radius 3 is 2.44 bits per heavy atom. The first-order valence-electron chi connectivity index (χ1n) is 7.86. The number of pyridine rings is 1. The van der Waals surface area contributed by atoms with Gasteiger partial charge in [0.1, 0.15) is 5.82 Å². The fourth-order valence-corrected chi connectivity index (χ4v) is 2.48. The van der Waals surface area contributed by atoms with E-state index in [1.807, 2.05) is 0 Å². The summed E-state index contributed by atoms with van der Waals surface area (Å²) < 4.78 is 58.5. The second-order valence-corrected chi connectivity index (χ2v) is 5.44. The largest absolute Gasteiger partial charge is 0.461 e. The van der Waals surface area contributed by atoms with Crippen LogP contribution >= 0.6 is 0 Å². The Labute approximate surface area is 151 Å².